The van der Waals surface area contributed by atoms with Crippen LogP contribution in [0, 0.1) is 17.7 Å². The molecular formula is C15H17FO2. The van der Waals surface area contributed by atoms with E-state index >= 15 is 0 Å². The first-order valence-electron chi connectivity index (χ1n) is 6.29. The number of benzene rings is 1. The Kier molecular flexibility index (Phi) is 4.74. The summed E-state index contributed by atoms with van der Waals surface area (Å²) in [5, 5.41) is 8.64. The summed E-state index contributed by atoms with van der Waals surface area (Å²) in [4.78, 5) is 0. The van der Waals surface area contributed by atoms with Gasteiger partial charge in [-0.3, -0.25) is 0 Å². The number of ether oxygens (including phenoxy) is 1. The molecule has 1 aromatic rings. The maximum atomic E-state index is 13.4. The van der Waals surface area contributed by atoms with Gasteiger partial charge in [0, 0.05) is 12.0 Å². The van der Waals surface area contributed by atoms with Crippen molar-refractivity contribution in [3.05, 3.63) is 35.1 Å². The maximum absolute atomic E-state index is 13.4. The van der Waals surface area contributed by atoms with Crippen LogP contribution in [0.5, 0.6) is 0 Å². The first-order chi connectivity index (χ1) is 8.78. The molecule has 2 rings (SSSR count). The minimum atomic E-state index is -0.294. The molecule has 0 spiro atoms. The topological polar surface area (TPSA) is 29.5 Å². The van der Waals surface area contributed by atoms with E-state index in [0.717, 1.165) is 18.4 Å². The normalized spacial score (nSPS) is 14.8. The molecule has 0 amide bonds. The Labute approximate surface area is 107 Å². The SMILES string of the molecule is OCCC#Cc1cc(F)cc(COC2CCC2)c1. The zero-order chi connectivity index (χ0) is 12.8. The lowest BCUT2D eigenvalue weighted by molar-refractivity contribution is -0.00875. The quantitative estimate of drug-likeness (QED) is 0.830. The molecule has 1 fully saturated rings. The molecule has 0 heterocycles. The van der Waals surface area contributed by atoms with Crippen molar-refractivity contribution in [2.45, 2.75) is 38.4 Å². The molecule has 1 aromatic carbocycles. The Morgan fingerprint density at radius 2 is 2.17 bits per heavy atom. The molecule has 3 heteroatoms. The molecule has 0 atom stereocenters. The summed E-state index contributed by atoms with van der Waals surface area (Å²) in [6.07, 6.45) is 4.20. The molecule has 0 saturated heterocycles. The van der Waals surface area contributed by atoms with Gasteiger partial charge in [-0.25, -0.2) is 4.39 Å². The van der Waals surface area contributed by atoms with Crippen molar-refractivity contribution in [2.75, 3.05) is 6.61 Å². The molecular weight excluding hydrogens is 231 g/mol. The lowest BCUT2D eigenvalue weighted by Crippen LogP contribution is -2.21. The molecule has 0 aromatic heterocycles. The highest BCUT2D eigenvalue weighted by atomic mass is 19.1. The second kappa shape index (κ2) is 6.53. The van der Waals surface area contributed by atoms with Crippen molar-refractivity contribution >= 4 is 0 Å². The van der Waals surface area contributed by atoms with Gasteiger partial charge in [-0.15, -0.1) is 0 Å². The second-order valence-corrected chi connectivity index (χ2v) is 4.49. The lowest BCUT2D eigenvalue weighted by atomic mass is 9.96. The summed E-state index contributed by atoms with van der Waals surface area (Å²) >= 11 is 0. The number of hydrogen-bond acceptors (Lipinski definition) is 2. The van der Waals surface area contributed by atoms with Crippen LogP contribution in [0.3, 0.4) is 0 Å². The first-order valence-corrected chi connectivity index (χ1v) is 6.29. The number of halogens is 1. The van der Waals surface area contributed by atoms with E-state index in [2.05, 4.69) is 11.8 Å². The standard InChI is InChI=1S/C15H17FO2/c16-14-9-12(4-1-2-7-17)8-13(10-14)11-18-15-5-3-6-15/h8-10,15,17H,2-3,5-7,11H2. The Morgan fingerprint density at radius 1 is 1.33 bits per heavy atom. The highest BCUT2D eigenvalue weighted by molar-refractivity contribution is 5.37. The molecule has 0 bridgehead atoms. The third-order valence-corrected chi connectivity index (χ3v) is 2.97. The van der Waals surface area contributed by atoms with Gasteiger partial charge in [0.2, 0.25) is 0 Å². The predicted molar refractivity (Wildman–Crippen MR) is 67.4 cm³/mol. The lowest BCUT2D eigenvalue weighted by Gasteiger charge is -2.25. The van der Waals surface area contributed by atoms with Crippen LogP contribution in [-0.2, 0) is 11.3 Å². The number of hydrogen-bond donors (Lipinski definition) is 1. The van der Waals surface area contributed by atoms with Gasteiger partial charge < -0.3 is 9.84 Å². The van der Waals surface area contributed by atoms with E-state index < -0.39 is 0 Å². The molecule has 1 aliphatic rings. The van der Waals surface area contributed by atoms with Crippen LogP contribution in [-0.4, -0.2) is 17.8 Å². The molecule has 0 radical (unpaired) electrons. The molecule has 1 saturated carbocycles. The number of aliphatic hydroxyl groups is 1. The van der Waals surface area contributed by atoms with Crippen molar-refractivity contribution in [1.82, 2.24) is 0 Å². The van der Waals surface area contributed by atoms with Crippen molar-refractivity contribution < 1.29 is 14.2 Å². The van der Waals surface area contributed by atoms with Gasteiger partial charge in [0.15, 0.2) is 0 Å². The smallest absolute Gasteiger partial charge is 0.124 e. The van der Waals surface area contributed by atoms with Gasteiger partial charge in [-0.2, -0.15) is 0 Å². The van der Waals surface area contributed by atoms with Gasteiger partial charge in [0.05, 0.1) is 19.3 Å². The van der Waals surface area contributed by atoms with Gasteiger partial charge in [0.1, 0.15) is 5.82 Å². The fraction of sp³-hybridized carbons (Fsp3) is 0.467. The highest BCUT2D eigenvalue weighted by Gasteiger charge is 2.17. The van der Waals surface area contributed by atoms with Crippen molar-refractivity contribution in [1.29, 1.82) is 0 Å². The zero-order valence-corrected chi connectivity index (χ0v) is 10.3. The molecule has 2 nitrogen and oxygen atoms in total. The van der Waals surface area contributed by atoms with Crippen LogP contribution in [0.1, 0.15) is 36.8 Å². The van der Waals surface area contributed by atoms with Crippen LogP contribution in [0.15, 0.2) is 18.2 Å². The third kappa shape index (κ3) is 3.83. The van der Waals surface area contributed by atoms with E-state index in [9.17, 15) is 4.39 Å². The summed E-state index contributed by atoms with van der Waals surface area (Å²) in [5.41, 5.74) is 1.45. The summed E-state index contributed by atoms with van der Waals surface area (Å²) < 4.78 is 19.0. The van der Waals surface area contributed by atoms with E-state index in [-0.39, 0.29) is 12.4 Å². The van der Waals surface area contributed by atoms with Gasteiger partial charge in [-0.05, 0) is 43.0 Å². The first kappa shape index (κ1) is 13.1. The largest absolute Gasteiger partial charge is 0.395 e. The zero-order valence-electron chi connectivity index (χ0n) is 10.3. The summed E-state index contributed by atoms with van der Waals surface area (Å²) in [5.74, 6) is 5.33. The minimum Gasteiger partial charge on any atom is -0.395 e. The monoisotopic (exact) mass is 248 g/mol. The van der Waals surface area contributed by atoms with E-state index in [4.69, 9.17) is 9.84 Å². The second-order valence-electron chi connectivity index (χ2n) is 4.49. The minimum absolute atomic E-state index is 0.0277. The summed E-state index contributed by atoms with van der Waals surface area (Å²) in [6, 6.07) is 4.72. The molecule has 18 heavy (non-hydrogen) atoms. The van der Waals surface area contributed by atoms with E-state index in [0.29, 0.717) is 24.7 Å². The van der Waals surface area contributed by atoms with Crippen LogP contribution >= 0.6 is 0 Å². The number of aliphatic hydroxyl groups excluding tert-OH is 1. The molecule has 0 aliphatic heterocycles. The van der Waals surface area contributed by atoms with Crippen LogP contribution < -0.4 is 0 Å². The van der Waals surface area contributed by atoms with Gasteiger partial charge in [-0.1, -0.05) is 11.8 Å². The Balaban J connectivity index is 1.99. The third-order valence-electron chi connectivity index (χ3n) is 2.97. The van der Waals surface area contributed by atoms with Crippen LogP contribution in [0.4, 0.5) is 4.39 Å². The van der Waals surface area contributed by atoms with E-state index in [1.807, 2.05) is 6.07 Å². The Morgan fingerprint density at radius 3 is 2.83 bits per heavy atom. The van der Waals surface area contributed by atoms with Crippen LogP contribution in [0.2, 0.25) is 0 Å². The average Bonchev–Trinajstić information content (AvgIpc) is 2.26. The van der Waals surface area contributed by atoms with Gasteiger partial charge >= 0.3 is 0 Å². The average molecular weight is 248 g/mol. The van der Waals surface area contributed by atoms with Crippen molar-refractivity contribution in [3.8, 4) is 11.8 Å². The Bertz CT molecular complexity index is 455. The molecule has 96 valence electrons. The molecule has 1 aliphatic carbocycles. The molecule has 0 unspecified atom stereocenters. The maximum Gasteiger partial charge on any atom is 0.124 e. The highest BCUT2D eigenvalue weighted by Crippen LogP contribution is 2.23. The molecule has 1 N–H and O–H groups in total. The van der Waals surface area contributed by atoms with Crippen LogP contribution in [0.25, 0.3) is 0 Å². The van der Waals surface area contributed by atoms with E-state index in [1.165, 1.54) is 18.6 Å². The summed E-state index contributed by atoms with van der Waals surface area (Å²) in [6.45, 7) is 0.469. The van der Waals surface area contributed by atoms with Crippen molar-refractivity contribution in [2.24, 2.45) is 0 Å². The fourth-order valence-corrected chi connectivity index (χ4v) is 1.78. The van der Waals surface area contributed by atoms with Crippen molar-refractivity contribution in [3.63, 3.8) is 0 Å². The summed E-state index contributed by atoms with van der Waals surface area (Å²) in [7, 11) is 0. The predicted octanol–water partition coefficient (Wildman–Crippen LogP) is 2.63. The Hall–Kier alpha value is -1.37. The fourth-order valence-electron chi connectivity index (χ4n) is 1.78. The van der Waals surface area contributed by atoms with Gasteiger partial charge in [0.25, 0.3) is 0 Å². The number of rotatable bonds is 4. The van der Waals surface area contributed by atoms with E-state index in [1.54, 1.807) is 0 Å².